The predicted molar refractivity (Wildman–Crippen MR) is 96.7 cm³/mol. The maximum Gasteiger partial charge on any atom is 0.199 e. The monoisotopic (exact) mass is 356 g/mol. The van der Waals surface area contributed by atoms with E-state index in [2.05, 4.69) is 20.5 Å². The van der Waals surface area contributed by atoms with Crippen LogP contribution in [0.2, 0.25) is 5.02 Å². The minimum Gasteiger partial charge on any atom is -0.397 e. The van der Waals surface area contributed by atoms with Gasteiger partial charge >= 0.3 is 0 Å². The normalized spacial score (nSPS) is 11.3. The molecule has 3 heterocycles. The second-order valence-electron chi connectivity index (χ2n) is 5.50. The van der Waals surface area contributed by atoms with Crippen molar-refractivity contribution >= 4 is 38.8 Å². The Balaban J connectivity index is 1.93. The molecule has 0 unspecified atom stereocenters. The average Bonchev–Trinajstić information content (AvgIpc) is 3.12. The number of rotatable bonds is 2. The first-order valence-electron chi connectivity index (χ1n) is 7.25. The van der Waals surface area contributed by atoms with Crippen LogP contribution in [0.1, 0.15) is 11.3 Å². The van der Waals surface area contributed by atoms with Gasteiger partial charge in [0.2, 0.25) is 0 Å². The first-order valence-corrected chi connectivity index (χ1v) is 8.45. The van der Waals surface area contributed by atoms with Gasteiger partial charge in [-0.25, -0.2) is 4.98 Å². The Bertz CT molecular complexity index is 1050. The molecule has 6 nitrogen and oxygen atoms in total. The van der Waals surface area contributed by atoms with Crippen LogP contribution in [0.3, 0.4) is 0 Å². The van der Waals surface area contributed by atoms with E-state index >= 15 is 0 Å². The molecule has 4 aromatic rings. The third-order valence-corrected chi connectivity index (χ3v) is 5.12. The molecule has 0 atom stereocenters. The van der Waals surface area contributed by atoms with Crippen LogP contribution in [-0.4, -0.2) is 25.2 Å². The van der Waals surface area contributed by atoms with Gasteiger partial charge in [0.05, 0.1) is 16.3 Å². The molecule has 0 amide bonds. The number of hydrogen-bond donors (Lipinski definition) is 1. The maximum atomic E-state index is 6.39. The Morgan fingerprint density at radius 3 is 2.67 bits per heavy atom. The predicted octanol–water partition coefficient (Wildman–Crippen LogP) is 3.79. The lowest BCUT2D eigenvalue weighted by Crippen LogP contribution is -2.00. The molecule has 0 spiro atoms. The van der Waals surface area contributed by atoms with Gasteiger partial charge in [-0.05, 0) is 60.2 Å². The van der Waals surface area contributed by atoms with Gasteiger partial charge in [-0.1, -0.05) is 11.6 Å². The number of thiophene rings is 1. The van der Waals surface area contributed by atoms with Crippen LogP contribution >= 0.6 is 22.9 Å². The zero-order valence-electron chi connectivity index (χ0n) is 13.0. The maximum absolute atomic E-state index is 6.39. The molecule has 4 rings (SSSR count). The first kappa shape index (κ1) is 15.0. The quantitative estimate of drug-likeness (QED) is 0.590. The van der Waals surface area contributed by atoms with E-state index in [0.717, 1.165) is 32.0 Å². The van der Waals surface area contributed by atoms with Crippen LogP contribution in [0, 0.1) is 13.8 Å². The number of tetrazole rings is 1. The van der Waals surface area contributed by atoms with Crippen molar-refractivity contribution in [3.05, 3.63) is 46.6 Å². The lowest BCUT2D eigenvalue weighted by Gasteiger charge is -2.04. The summed E-state index contributed by atoms with van der Waals surface area (Å²) >= 11 is 7.45. The minimum atomic E-state index is 0.592. The molecule has 0 aliphatic heterocycles. The van der Waals surface area contributed by atoms with E-state index in [9.17, 15) is 0 Å². The standard InChI is InChI=1S/C16H13ClN6S/c1-8-7-9(2)19-16-12(8)13(18)14(24-16)15-20-21-22-23(15)11-5-3-10(17)4-6-11/h3-7H,18H2,1-2H3. The minimum absolute atomic E-state index is 0.592. The molecule has 120 valence electrons. The van der Waals surface area contributed by atoms with Crippen molar-refractivity contribution in [3.8, 4) is 16.4 Å². The molecule has 0 radical (unpaired) electrons. The summed E-state index contributed by atoms with van der Waals surface area (Å²) < 4.78 is 1.65. The van der Waals surface area contributed by atoms with Crippen LogP contribution in [0.15, 0.2) is 30.3 Å². The molecular formula is C16H13ClN6S. The number of pyridine rings is 1. The van der Waals surface area contributed by atoms with Crippen molar-refractivity contribution in [1.82, 2.24) is 25.2 Å². The summed E-state index contributed by atoms with van der Waals surface area (Å²) in [5.74, 6) is 0.592. The van der Waals surface area contributed by atoms with Crippen molar-refractivity contribution in [3.63, 3.8) is 0 Å². The fourth-order valence-electron chi connectivity index (χ4n) is 2.72. The largest absolute Gasteiger partial charge is 0.397 e. The number of nitrogens with two attached hydrogens (primary N) is 1. The highest BCUT2D eigenvalue weighted by molar-refractivity contribution is 7.22. The number of hydrogen-bond acceptors (Lipinski definition) is 6. The van der Waals surface area contributed by atoms with E-state index in [1.807, 2.05) is 32.0 Å². The Labute approximate surface area is 146 Å². The second-order valence-corrected chi connectivity index (χ2v) is 6.93. The number of benzene rings is 1. The summed E-state index contributed by atoms with van der Waals surface area (Å²) in [6.07, 6.45) is 0. The van der Waals surface area contributed by atoms with Gasteiger partial charge in [0.15, 0.2) is 5.82 Å². The van der Waals surface area contributed by atoms with Gasteiger partial charge in [0.1, 0.15) is 4.83 Å². The van der Waals surface area contributed by atoms with Gasteiger partial charge < -0.3 is 5.73 Å². The lowest BCUT2D eigenvalue weighted by molar-refractivity contribution is 0.791. The molecule has 0 fully saturated rings. The number of fused-ring (bicyclic) bond motifs is 1. The fraction of sp³-hybridized carbons (Fsp3) is 0.125. The van der Waals surface area contributed by atoms with Gasteiger partial charge in [0, 0.05) is 16.1 Å². The van der Waals surface area contributed by atoms with Crippen molar-refractivity contribution in [1.29, 1.82) is 0 Å². The molecule has 0 saturated heterocycles. The van der Waals surface area contributed by atoms with Gasteiger partial charge in [0.25, 0.3) is 0 Å². The molecule has 3 aromatic heterocycles. The Morgan fingerprint density at radius 1 is 1.17 bits per heavy atom. The lowest BCUT2D eigenvalue weighted by atomic mass is 10.1. The van der Waals surface area contributed by atoms with Crippen LogP contribution in [0.25, 0.3) is 26.6 Å². The van der Waals surface area contributed by atoms with E-state index in [-0.39, 0.29) is 0 Å². The SMILES string of the molecule is Cc1cc(C)c2c(N)c(-c3nnnn3-c3ccc(Cl)cc3)sc2n1. The van der Waals surface area contributed by atoms with E-state index in [4.69, 9.17) is 17.3 Å². The van der Waals surface area contributed by atoms with Gasteiger partial charge in [-0.15, -0.1) is 16.4 Å². The summed E-state index contributed by atoms with van der Waals surface area (Å²) in [6, 6.07) is 9.34. The molecule has 1 aromatic carbocycles. The number of halogens is 1. The van der Waals surface area contributed by atoms with Crippen LogP contribution in [0.4, 0.5) is 5.69 Å². The van der Waals surface area contributed by atoms with Crippen LogP contribution < -0.4 is 5.73 Å². The van der Waals surface area contributed by atoms with E-state index < -0.39 is 0 Å². The molecular weight excluding hydrogens is 344 g/mol. The third kappa shape index (κ3) is 2.33. The number of nitrogen functional groups attached to an aromatic ring is 1. The van der Waals surface area contributed by atoms with E-state index in [1.165, 1.54) is 11.3 Å². The third-order valence-electron chi connectivity index (χ3n) is 3.77. The summed E-state index contributed by atoms with van der Waals surface area (Å²) in [7, 11) is 0. The smallest absolute Gasteiger partial charge is 0.199 e. The number of anilines is 1. The van der Waals surface area contributed by atoms with Crippen molar-refractivity contribution in [2.75, 3.05) is 5.73 Å². The van der Waals surface area contributed by atoms with Gasteiger partial charge in [-0.3, -0.25) is 0 Å². The summed E-state index contributed by atoms with van der Waals surface area (Å²) in [4.78, 5) is 6.29. The molecule has 8 heteroatoms. The van der Waals surface area contributed by atoms with Crippen LogP contribution in [0.5, 0.6) is 0 Å². The zero-order valence-corrected chi connectivity index (χ0v) is 14.6. The highest BCUT2D eigenvalue weighted by atomic mass is 35.5. The van der Waals surface area contributed by atoms with Crippen molar-refractivity contribution in [2.45, 2.75) is 13.8 Å². The molecule has 0 aliphatic rings. The molecule has 24 heavy (non-hydrogen) atoms. The number of aromatic nitrogens is 5. The van der Waals surface area contributed by atoms with E-state index in [0.29, 0.717) is 16.5 Å². The fourth-order valence-corrected chi connectivity index (χ4v) is 4.03. The topological polar surface area (TPSA) is 82.5 Å². The van der Waals surface area contributed by atoms with E-state index in [1.54, 1.807) is 16.8 Å². The summed E-state index contributed by atoms with van der Waals surface area (Å²) in [6.45, 7) is 4.01. The van der Waals surface area contributed by atoms with Crippen molar-refractivity contribution < 1.29 is 0 Å². The molecule has 0 aliphatic carbocycles. The molecule has 0 saturated carbocycles. The number of nitrogens with zero attached hydrogens (tertiary/aromatic N) is 5. The Kier molecular flexibility index (Phi) is 3.47. The van der Waals surface area contributed by atoms with Crippen molar-refractivity contribution in [2.24, 2.45) is 0 Å². The van der Waals surface area contributed by atoms with Gasteiger partial charge in [-0.2, -0.15) is 4.68 Å². The average molecular weight is 357 g/mol. The highest BCUT2D eigenvalue weighted by Crippen LogP contribution is 2.41. The number of aryl methyl sites for hydroxylation is 2. The second kappa shape index (κ2) is 5.54. The summed E-state index contributed by atoms with van der Waals surface area (Å²) in [5.41, 5.74) is 9.93. The molecule has 2 N–H and O–H groups in total. The zero-order chi connectivity index (χ0) is 16.8. The highest BCUT2D eigenvalue weighted by Gasteiger charge is 2.20. The first-order chi connectivity index (χ1) is 11.5. The summed E-state index contributed by atoms with van der Waals surface area (Å²) in [5, 5.41) is 13.7. The Hall–Kier alpha value is -2.51. The molecule has 0 bridgehead atoms. The van der Waals surface area contributed by atoms with Crippen LogP contribution in [-0.2, 0) is 0 Å². The Morgan fingerprint density at radius 2 is 1.92 bits per heavy atom.